The summed E-state index contributed by atoms with van der Waals surface area (Å²) in [4.78, 5) is 3.05. The van der Waals surface area contributed by atoms with E-state index in [2.05, 4.69) is 69.3 Å². The molecule has 0 fully saturated rings. The van der Waals surface area contributed by atoms with E-state index in [4.69, 9.17) is 4.74 Å². The summed E-state index contributed by atoms with van der Waals surface area (Å²) in [5, 5.41) is 6.21. The van der Waals surface area contributed by atoms with E-state index in [9.17, 15) is 0 Å². The van der Waals surface area contributed by atoms with E-state index in [-0.39, 0.29) is 0 Å². The molecule has 1 aliphatic carbocycles. The van der Waals surface area contributed by atoms with Gasteiger partial charge in [-0.1, -0.05) is 90.3 Å². The molecule has 36 heavy (non-hydrogen) atoms. The standard InChI is InChI=1S/C32H44OS2Si/c1-6-11-13-15-24-22-25(16-14-12-7-2)29(33-19-8-3)28(23-24)36(9-4,10-5)32-26-17-20-34-30(26)31-27(32)18-21-35-31/h8,17-18,20-23,32H,3,6-7,9-16,19H2,1-2,4-5H3. The third-order valence-electron chi connectivity index (χ3n) is 8.26. The third kappa shape index (κ3) is 5.19. The Morgan fingerprint density at radius 3 is 2.03 bits per heavy atom. The highest BCUT2D eigenvalue weighted by atomic mass is 32.1. The zero-order valence-corrected chi connectivity index (χ0v) is 25.5. The monoisotopic (exact) mass is 536 g/mol. The van der Waals surface area contributed by atoms with Crippen LogP contribution < -0.4 is 9.92 Å². The summed E-state index contributed by atoms with van der Waals surface area (Å²) in [5.74, 6) is 1.21. The van der Waals surface area contributed by atoms with Gasteiger partial charge in [0.15, 0.2) is 0 Å². The second-order valence-electron chi connectivity index (χ2n) is 10.4. The highest BCUT2D eigenvalue weighted by Crippen LogP contribution is 2.55. The minimum Gasteiger partial charge on any atom is -0.489 e. The molecule has 0 spiro atoms. The topological polar surface area (TPSA) is 9.23 Å². The molecule has 0 radical (unpaired) electrons. The minimum atomic E-state index is -2.01. The smallest absolute Gasteiger partial charge is 0.122 e. The first-order chi connectivity index (χ1) is 17.6. The highest BCUT2D eigenvalue weighted by Gasteiger charge is 2.49. The van der Waals surface area contributed by atoms with E-state index in [0.717, 1.165) is 6.42 Å². The summed E-state index contributed by atoms with van der Waals surface area (Å²) in [6, 6.07) is 12.4. The summed E-state index contributed by atoms with van der Waals surface area (Å²) >= 11 is 3.87. The Kier molecular flexibility index (Phi) is 9.71. The fourth-order valence-corrected chi connectivity index (χ4v) is 13.8. The van der Waals surface area contributed by atoms with Crippen molar-refractivity contribution in [3.8, 4) is 15.5 Å². The van der Waals surface area contributed by atoms with Gasteiger partial charge < -0.3 is 4.74 Å². The molecule has 0 bridgehead atoms. The molecule has 0 aliphatic heterocycles. The Morgan fingerprint density at radius 1 is 0.861 bits per heavy atom. The fraction of sp³-hybridized carbons (Fsp3) is 0.500. The van der Waals surface area contributed by atoms with Crippen molar-refractivity contribution in [3.05, 3.63) is 69.9 Å². The Hall–Kier alpha value is -1.62. The third-order valence-corrected chi connectivity index (χ3v) is 16.0. The molecule has 2 aromatic heterocycles. The van der Waals surface area contributed by atoms with Crippen LogP contribution in [-0.4, -0.2) is 14.7 Å². The van der Waals surface area contributed by atoms with Gasteiger partial charge in [0.2, 0.25) is 0 Å². The van der Waals surface area contributed by atoms with Crippen LogP contribution >= 0.6 is 22.7 Å². The first-order valence-corrected chi connectivity index (χ1v) is 18.4. The molecule has 3 aromatic rings. The molecule has 2 heterocycles. The molecule has 0 saturated heterocycles. The lowest BCUT2D eigenvalue weighted by Crippen LogP contribution is -2.53. The molecule has 0 atom stereocenters. The fourth-order valence-electron chi connectivity index (χ4n) is 6.33. The lowest BCUT2D eigenvalue weighted by atomic mass is 10.00. The van der Waals surface area contributed by atoms with Gasteiger partial charge in [-0.15, -0.1) is 22.7 Å². The van der Waals surface area contributed by atoms with Gasteiger partial charge in [0, 0.05) is 15.3 Å². The highest BCUT2D eigenvalue weighted by molar-refractivity contribution is 7.21. The number of aryl methyl sites for hydroxylation is 2. The Morgan fingerprint density at radius 2 is 1.47 bits per heavy atom. The summed E-state index contributed by atoms with van der Waals surface area (Å²) < 4.78 is 6.66. The van der Waals surface area contributed by atoms with Crippen LogP contribution in [-0.2, 0) is 12.8 Å². The van der Waals surface area contributed by atoms with E-state index in [1.54, 1.807) is 16.3 Å². The SMILES string of the molecule is C=CCOc1c(CCCCC)cc(CCCCC)cc1[Si](CC)(CC)C1c2ccsc2-c2sccc21. The molecule has 1 nitrogen and oxygen atoms in total. The molecule has 1 aliphatic rings. The van der Waals surface area contributed by atoms with Gasteiger partial charge in [-0.2, -0.15) is 0 Å². The van der Waals surface area contributed by atoms with Crippen LogP contribution in [0.2, 0.25) is 12.1 Å². The Balaban J connectivity index is 1.91. The molecule has 4 rings (SSSR count). The summed E-state index contributed by atoms with van der Waals surface area (Å²) in [6.07, 6.45) is 11.8. The molecule has 0 amide bonds. The molecule has 1 aromatic carbocycles. The maximum absolute atomic E-state index is 6.66. The maximum Gasteiger partial charge on any atom is 0.122 e. The molecule has 4 heteroatoms. The molecule has 0 N–H and O–H groups in total. The van der Waals surface area contributed by atoms with E-state index in [1.165, 1.54) is 83.7 Å². The van der Waals surface area contributed by atoms with Crippen LogP contribution in [0.25, 0.3) is 9.75 Å². The number of unbranched alkanes of at least 4 members (excludes halogenated alkanes) is 4. The number of ether oxygens (including phenoxy) is 1. The van der Waals surface area contributed by atoms with Crippen molar-refractivity contribution < 1.29 is 4.74 Å². The van der Waals surface area contributed by atoms with Crippen molar-refractivity contribution >= 4 is 35.9 Å². The number of fused-ring (bicyclic) bond motifs is 3. The number of thiophene rings is 2. The maximum atomic E-state index is 6.66. The number of rotatable bonds is 15. The summed E-state index contributed by atoms with van der Waals surface area (Å²) in [6.45, 7) is 14.1. The van der Waals surface area contributed by atoms with Crippen LogP contribution in [0.15, 0.2) is 47.7 Å². The van der Waals surface area contributed by atoms with E-state index in [0.29, 0.717) is 12.1 Å². The van der Waals surface area contributed by atoms with Crippen molar-refractivity contribution in [2.24, 2.45) is 0 Å². The van der Waals surface area contributed by atoms with Gasteiger partial charge >= 0.3 is 0 Å². The predicted octanol–water partition coefficient (Wildman–Crippen LogP) is 9.89. The normalized spacial score (nSPS) is 13.1. The first-order valence-electron chi connectivity index (χ1n) is 14.2. The molecular weight excluding hydrogens is 493 g/mol. The molecule has 0 unspecified atom stereocenters. The zero-order valence-electron chi connectivity index (χ0n) is 22.8. The average Bonchev–Trinajstić information content (AvgIpc) is 3.61. The van der Waals surface area contributed by atoms with E-state index >= 15 is 0 Å². The van der Waals surface area contributed by atoms with Gasteiger partial charge in [-0.05, 0) is 76.0 Å². The quantitative estimate of drug-likeness (QED) is 0.107. The largest absolute Gasteiger partial charge is 0.489 e. The van der Waals surface area contributed by atoms with Crippen molar-refractivity contribution in [2.45, 2.75) is 96.7 Å². The van der Waals surface area contributed by atoms with Crippen molar-refractivity contribution in [1.29, 1.82) is 0 Å². The van der Waals surface area contributed by atoms with Crippen molar-refractivity contribution in [3.63, 3.8) is 0 Å². The molecule has 0 saturated carbocycles. The van der Waals surface area contributed by atoms with Gasteiger partial charge in [0.25, 0.3) is 0 Å². The predicted molar refractivity (Wildman–Crippen MR) is 164 cm³/mol. The Bertz CT molecular complexity index is 1100. The lowest BCUT2D eigenvalue weighted by molar-refractivity contribution is 0.361. The number of hydrogen-bond acceptors (Lipinski definition) is 3. The second-order valence-corrected chi connectivity index (χ2v) is 17.0. The number of hydrogen-bond donors (Lipinski definition) is 0. The van der Waals surface area contributed by atoms with Gasteiger partial charge in [-0.25, -0.2) is 0 Å². The van der Waals surface area contributed by atoms with Crippen molar-refractivity contribution in [2.75, 3.05) is 6.61 Å². The Labute approximate surface area is 228 Å². The van der Waals surface area contributed by atoms with Gasteiger partial charge in [0.1, 0.15) is 20.4 Å². The van der Waals surface area contributed by atoms with Gasteiger partial charge in [0.05, 0.1) is 0 Å². The van der Waals surface area contributed by atoms with E-state index in [1.807, 2.05) is 28.7 Å². The second kappa shape index (κ2) is 12.8. The lowest BCUT2D eigenvalue weighted by Gasteiger charge is -2.39. The van der Waals surface area contributed by atoms with Crippen LogP contribution in [0, 0.1) is 0 Å². The van der Waals surface area contributed by atoms with Crippen molar-refractivity contribution in [1.82, 2.24) is 0 Å². The summed E-state index contributed by atoms with van der Waals surface area (Å²) in [7, 11) is -2.01. The zero-order chi connectivity index (χ0) is 25.5. The minimum absolute atomic E-state index is 0.524. The summed E-state index contributed by atoms with van der Waals surface area (Å²) in [5.41, 5.74) is 6.69. The molecular formula is C32H44OS2Si. The van der Waals surface area contributed by atoms with Crippen LogP contribution in [0.4, 0.5) is 0 Å². The van der Waals surface area contributed by atoms with Crippen LogP contribution in [0.5, 0.6) is 5.75 Å². The van der Waals surface area contributed by atoms with E-state index < -0.39 is 8.07 Å². The van der Waals surface area contributed by atoms with Crippen LogP contribution in [0.1, 0.15) is 94.0 Å². The first kappa shape index (κ1) is 27.4. The number of benzene rings is 1. The van der Waals surface area contributed by atoms with Crippen LogP contribution in [0.3, 0.4) is 0 Å². The average molecular weight is 537 g/mol. The molecule has 194 valence electrons. The van der Waals surface area contributed by atoms with Gasteiger partial charge in [-0.3, -0.25) is 0 Å².